The maximum atomic E-state index is 12.0. The normalized spacial score (nSPS) is 14.3. The van der Waals surface area contributed by atoms with E-state index in [4.69, 9.17) is 5.73 Å². The molecule has 0 aromatic rings. The van der Waals surface area contributed by atoms with Crippen LogP contribution in [-0.4, -0.2) is 17.0 Å². The van der Waals surface area contributed by atoms with Gasteiger partial charge in [-0.25, -0.2) is 0 Å². The van der Waals surface area contributed by atoms with E-state index < -0.39 is 5.97 Å². The summed E-state index contributed by atoms with van der Waals surface area (Å²) in [7, 11) is 0. The Bertz CT molecular complexity index is 438. The first-order chi connectivity index (χ1) is 14.9. The summed E-state index contributed by atoms with van der Waals surface area (Å²) in [6.45, 7) is 6.48. The molecule has 0 rings (SSSR count). The number of rotatable bonds is 23. The number of nitrogens with two attached hydrogens (primary N) is 1. The van der Waals surface area contributed by atoms with Gasteiger partial charge in [0.2, 0.25) is 5.91 Å². The Morgan fingerprint density at radius 3 is 1.45 bits per heavy atom. The van der Waals surface area contributed by atoms with E-state index in [1.807, 2.05) is 6.92 Å². The second-order valence-corrected chi connectivity index (χ2v) is 9.78. The average Bonchev–Trinajstić information content (AvgIpc) is 2.73. The van der Waals surface area contributed by atoms with Crippen molar-refractivity contribution in [3.63, 3.8) is 0 Å². The molecule has 3 unspecified atom stereocenters. The molecule has 3 atom stereocenters. The van der Waals surface area contributed by atoms with E-state index in [-0.39, 0.29) is 23.7 Å². The van der Waals surface area contributed by atoms with Crippen LogP contribution in [0.15, 0.2) is 0 Å². The molecule has 31 heavy (non-hydrogen) atoms. The Morgan fingerprint density at radius 2 is 1.06 bits per heavy atom. The Morgan fingerprint density at radius 1 is 0.677 bits per heavy atom. The van der Waals surface area contributed by atoms with Crippen molar-refractivity contribution in [2.45, 2.75) is 143 Å². The van der Waals surface area contributed by atoms with Crippen LogP contribution in [0, 0.1) is 17.8 Å². The maximum Gasteiger partial charge on any atom is 0.306 e. The van der Waals surface area contributed by atoms with Crippen LogP contribution in [0.4, 0.5) is 0 Å². The predicted molar refractivity (Wildman–Crippen MR) is 132 cm³/mol. The fourth-order valence-electron chi connectivity index (χ4n) is 4.69. The lowest BCUT2D eigenvalue weighted by molar-refractivity contribution is -0.143. The van der Waals surface area contributed by atoms with Crippen molar-refractivity contribution in [3.8, 4) is 0 Å². The lowest BCUT2D eigenvalue weighted by atomic mass is 9.81. The summed E-state index contributed by atoms with van der Waals surface area (Å²) in [4.78, 5) is 23.8. The van der Waals surface area contributed by atoms with Crippen molar-refractivity contribution in [2.75, 3.05) is 0 Å². The van der Waals surface area contributed by atoms with Gasteiger partial charge in [-0.05, 0) is 25.2 Å². The summed E-state index contributed by atoms with van der Waals surface area (Å²) in [6.07, 6.45) is 21.7. The SMILES string of the molecule is CCCCCCCCCCC(CC(C)C(CCCCCCCCCC)C(N)=O)C(=O)O. The van der Waals surface area contributed by atoms with E-state index in [1.165, 1.54) is 77.0 Å². The van der Waals surface area contributed by atoms with Crippen LogP contribution in [0.2, 0.25) is 0 Å². The Hall–Kier alpha value is -1.06. The quantitative estimate of drug-likeness (QED) is 0.159. The van der Waals surface area contributed by atoms with Gasteiger partial charge in [-0.1, -0.05) is 124 Å². The molecule has 0 radical (unpaired) electrons. The van der Waals surface area contributed by atoms with Crippen molar-refractivity contribution in [1.82, 2.24) is 0 Å². The third-order valence-corrected chi connectivity index (χ3v) is 6.83. The van der Waals surface area contributed by atoms with Crippen molar-refractivity contribution >= 4 is 11.9 Å². The molecule has 0 aromatic carbocycles. The highest BCUT2D eigenvalue weighted by atomic mass is 16.4. The number of hydrogen-bond donors (Lipinski definition) is 2. The van der Waals surface area contributed by atoms with Crippen LogP contribution >= 0.6 is 0 Å². The number of carboxylic acids is 1. The zero-order valence-electron chi connectivity index (χ0n) is 21.0. The monoisotopic (exact) mass is 439 g/mol. The van der Waals surface area contributed by atoms with E-state index in [0.717, 1.165) is 38.5 Å². The average molecular weight is 440 g/mol. The van der Waals surface area contributed by atoms with Crippen molar-refractivity contribution in [3.05, 3.63) is 0 Å². The summed E-state index contributed by atoms with van der Waals surface area (Å²) in [5.74, 6) is -1.48. The number of hydrogen-bond acceptors (Lipinski definition) is 2. The molecule has 0 aliphatic rings. The highest BCUT2D eigenvalue weighted by Crippen LogP contribution is 2.28. The smallest absolute Gasteiger partial charge is 0.306 e. The number of carboxylic acid groups (broad SMARTS) is 1. The Kier molecular flexibility index (Phi) is 20.1. The molecule has 0 bridgehead atoms. The zero-order chi connectivity index (χ0) is 23.3. The first-order valence-electron chi connectivity index (χ1n) is 13.5. The van der Waals surface area contributed by atoms with Crippen molar-refractivity contribution in [1.29, 1.82) is 0 Å². The maximum absolute atomic E-state index is 12.0. The van der Waals surface area contributed by atoms with E-state index in [9.17, 15) is 14.7 Å². The topological polar surface area (TPSA) is 80.4 Å². The molecule has 1 amide bonds. The minimum Gasteiger partial charge on any atom is -0.481 e. The van der Waals surface area contributed by atoms with Crippen LogP contribution in [0.1, 0.15) is 143 Å². The molecule has 0 aliphatic carbocycles. The summed E-state index contributed by atoms with van der Waals surface area (Å²) < 4.78 is 0. The van der Waals surface area contributed by atoms with Gasteiger partial charge in [-0.2, -0.15) is 0 Å². The fourth-order valence-corrected chi connectivity index (χ4v) is 4.69. The van der Waals surface area contributed by atoms with Crippen LogP contribution in [-0.2, 0) is 9.59 Å². The predicted octanol–water partition coefficient (Wildman–Crippen LogP) is 7.88. The molecule has 4 nitrogen and oxygen atoms in total. The highest BCUT2D eigenvalue weighted by molar-refractivity contribution is 5.77. The Labute approximate surface area is 193 Å². The number of unbranched alkanes of at least 4 members (excludes halogenated alkanes) is 14. The molecular weight excluding hydrogens is 386 g/mol. The molecule has 0 aromatic heterocycles. The molecule has 0 saturated heterocycles. The van der Waals surface area contributed by atoms with Gasteiger partial charge in [0.25, 0.3) is 0 Å². The molecule has 0 spiro atoms. The molecule has 0 heterocycles. The van der Waals surface area contributed by atoms with Gasteiger partial charge in [0, 0.05) is 5.92 Å². The van der Waals surface area contributed by atoms with Crippen LogP contribution in [0.5, 0.6) is 0 Å². The second-order valence-electron chi connectivity index (χ2n) is 9.78. The van der Waals surface area contributed by atoms with Gasteiger partial charge < -0.3 is 10.8 Å². The Balaban J connectivity index is 4.18. The van der Waals surface area contributed by atoms with Gasteiger partial charge >= 0.3 is 5.97 Å². The second kappa shape index (κ2) is 20.8. The van der Waals surface area contributed by atoms with Gasteiger partial charge in [0.1, 0.15) is 0 Å². The minimum atomic E-state index is -0.718. The summed E-state index contributed by atoms with van der Waals surface area (Å²) in [5, 5.41) is 9.66. The van der Waals surface area contributed by atoms with Crippen LogP contribution < -0.4 is 5.73 Å². The number of primary amides is 1. The lowest BCUT2D eigenvalue weighted by Gasteiger charge is -2.24. The summed E-state index contributed by atoms with van der Waals surface area (Å²) in [5.41, 5.74) is 5.69. The van der Waals surface area contributed by atoms with Gasteiger partial charge in [-0.15, -0.1) is 0 Å². The highest BCUT2D eigenvalue weighted by Gasteiger charge is 2.28. The van der Waals surface area contributed by atoms with Crippen molar-refractivity contribution < 1.29 is 14.7 Å². The molecule has 3 N–H and O–H groups in total. The van der Waals surface area contributed by atoms with E-state index in [1.54, 1.807) is 0 Å². The number of carbonyl (C=O) groups is 2. The van der Waals surface area contributed by atoms with E-state index in [0.29, 0.717) is 6.42 Å². The number of carbonyl (C=O) groups excluding carboxylic acids is 1. The summed E-state index contributed by atoms with van der Waals surface area (Å²) >= 11 is 0. The first-order valence-corrected chi connectivity index (χ1v) is 13.5. The van der Waals surface area contributed by atoms with Gasteiger partial charge in [0.15, 0.2) is 0 Å². The largest absolute Gasteiger partial charge is 0.481 e. The van der Waals surface area contributed by atoms with Crippen LogP contribution in [0.25, 0.3) is 0 Å². The molecule has 184 valence electrons. The number of amides is 1. The number of aliphatic carboxylic acids is 1. The molecule has 0 fully saturated rings. The minimum absolute atomic E-state index is 0.0391. The third kappa shape index (κ3) is 17.2. The van der Waals surface area contributed by atoms with E-state index in [2.05, 4.69) is 13.8 Å². The van der Waals surface area contributed by atoms with Crippen molar-refractivity contribution in [2.24, 2.45) is 23.5 Å². The standard InChI is InChI=1S/C27H53NO3/c1-4-6-8-10-12-14-16-18-20-24(27(30)31)22-23(3)25(26(28)29)21-19-17-15-13-11-9-7-5-2/h23-25H,4-22H2,1-3H3,(H2,28,29)(H,30,31). The fraction of sp³-hybridized carbons (Fsp3) is 0.926. The zero-order valence-corrected chi connectivity index (χ0v) is 21.0. The molecule has 4 heteroatoms. The molecular formula is C27H53NO3. The molecule has 0 aliphatic heterocycles. The summed E-state index contributed by atoms with van der Waals surface area (Å²) in [6, 6.07) is 0. The first kappa shape index (κ1) is 29.9. The third-order valence-electron chi connectivity index (χ3n) is 6.83. The molecule has 0 saturated carbocycles. The van der Waals surface area contributed by atoms with Gasteiger partial charge in [0.05, 0.1) is 5.92 Å². The van der Waals surface area contributed by atoms with Crippen LogP contribution in [0.3, 0.4) is 0 Å². The van der Waals surface area contributed by atoms with E-state index >= 15 is 0 Å². The lowest BCUT2D eigenvalue weighted by Crippen LogP contribution is -2.31. The van der Waals surface area contributed by atoms with Gasteiger partial charge in [-0.3, -0.25) is 9.59 Å².